The number of ether oxygens (including phenoxy) is 3. The number of aliphatic imine (C=N–C) groups is 1. The van der Waals surface area contributed by atoms with Crippen molar-refractivity contribution in [1.82, 2.24) is 5.32 Å². The number of carbonyl (C=O) groups excluding carboxylic acids is 1. The first-order valence-corrected chi connectivity index (χ1v) is 9.19. The third-order valence-electron chi connectivity index (χ3n) is 3.75. The third kappa shape index (κ3) is 4.62. The van der Waals surface area contributed by atoms with Crippen molar-refractivity contribution in [3.05, 3.63) is 52.9 Å². The summed E-state index contributed by atoms with van der Waals surface area (Å²) in [7, 11) is 3.18. The number of hydrogen-bond donors (Lipinski definition) is 1. The second-order valence-electron chi connectivity index (χ2n) is 5.52. The standard InChI is InChI=1S/C20H20N2O4S/c1-4-26-15-7-5-14(6-8-15)21-20-22-19(23)18(27-20)12-13-11-16(24-2)9-10-17(13)25-3/h5-12H,4H2,1-3H3,(H,21,22,23). The van der Waals surface area contributed by atoms with Crippen LogP contribution in [0.2, 0.25) is 0 Å². The fourth-order valence-electron chi connectivity index (χ4n) is 2.47. The zero-order valence-electron chi connectivity index (χ0n) is 15.3. The van der Waals surface area contributed by atoms with E-state index in [0.717, 1.165) is 17.0 Å². The lowest BCUT2D eigenvalue weighted by atomic mass is 10.1. The quantitative estimate of drug-likeness (QED) is 0.763. The van der Waals surface area contributed by atoms with Crippen molar-refractivity contribution >= 4 is 34.6 Å². The van der Waals surface area contributed by atoms with Gasteiger partial charge in [0.15, 0.2) is 5.17 Å². The summed E-state index contributed by atoms with van der Waals surface area (Å²) in [4.78, 5) is 17.3. The van der Waals surface area contributed by atoms with Crippen molar-refractivity contribution < 1.29 is 19.0 Å². The van der Waals surface area contributed by atoms with Gasteiger partial charge in [-0.05, 0) is 67.2 Å². The number of methoxy groups -OCH3 is 2. The average Bonchev–Trinajstić information content (AvgIpc) is 3.02. The molecule has 140 valence electrons. The Kier molecular flexibility index (Phi) is 6.03. The van der Waals surface area contributed by atoms with E-state index in [2.05, 4.69) is 10.3 Å². The Bertz CT molecular complexity index is 891. The van der Waals surface area contributed by atoms with Crippen LogP contribution in [0.15, 0.2) is 52.4 Å². The number of amides is 1. The molecule has 6 nitrogen and oxygen atoms in total. The van der Waals surface area contributed by atoms with Crippen LogP contribution in [-0.4, -0.2) is 31.9 Å². The maximum absolute atomic E-state index is 12.3. The normalized spacial score (nSPS) is 16.5. The van der Waals surface area contributed by atoms with Crippen LogP contribution in [0.5, 0.6) is 17.2 Å². The molecule has 1 N–H and O–H groups in total. The first-order valence-electron chi connectivity index (χ1n) is 8.37. The minimum Gasteiger partial charge on any atom is -0.497 e. The van der Waals surface area contributed by atoms with Crippen LogP contribution in [0.3, 0.4) is 0 Å². The number of amidine groups is 1. The molecule has 1 heterocycles. The number of benzene rings is 2. The van der Waals surface area contributed by atoms with Crippen LogP contribution >= 0.6 is 11.8 Å². The predicted octanol–water partition coefficient (Wildman–Crippen LogP) is 3.99. The van der Waals surface area contributed by atoms with Crippen LogP contribution < -0.4 is 19.5 Å². The second-order valence-corrected chi connectivity index (χ2v) is 6.55. The number of carbonyl (C=O) groups is 1. The van der Waals surface area contributed by atoms with Gasteiger partial charge < -0.3 is 19.5 Å². The van der Waals surface area contributed by atoms with Crippen LogP contribution in [0.25, 0.3) is 6.08 Å². The zero-order chi connectivity index (χ0) is 19.2. The molecule has 0 spiro atoms. The monoisotopic (exact) mass is 384 g/mol. The highest BCUT2D eigenvalue weighted by Crippen LogP contribution is 2.32. The van der Waals surface area contributed by atoms with Gasteiger partial charge in [0.1, 0.15) is 17.2 Å². The van der Waals surface area contributed by atoms with Gasteiger partial charge in [-0.3, -0.25) is 4.79 Å². The topological polar surface area (TPSA) is 69.2 Å². The molecule has 0 bridgehead atoms. The summed E-state index contributed by atoms with van der Waals surface area (Å²) in [6.45, 7) is 2.55. The first kappa shape index (κ1) is 18.8. The molecule has 0 atom stereocenters. The summed E-state index contributed by atoms with van der Waals surface area (Å²) in [5.41, 5.74) is 1.50. The van der Waals surface area contributed by atoms with Gasteiger partial charge >= 0.3 is 0 Å². The maximum Gasteiger partial charge on any atom is 0.264 e. The Balaban J connectivity index is 1.82. The SMILES string of the molecule is CCOc1ccc(N=C2NC(=O)C(=Cc3cc(OC)ccc3OC)S2)cc1. The molecule has 2 aromatic rings. The van der Waals surface area contributed by atoms with E-state index in [1.165, 1.54) is 11.8 Å². The highest BCUT2D eigenvalue weighted by molar-refractivity contribution is 8.18. The molecule has 1 aliphatic rings. The minimum atomic E-state index is -0.199. The summed E-state index contributed by atoms with van der Waals surface area (Å²) in [6.07, 6.45) is 1.77. The van der Waals surface area contributed by atoms with Crippen molar-refractivity contribution in [3.63, 3.8) is 0 Å². The molecule has 0 saturated carbocycles. The Morgan fingerprint density at radius 2 is 1.81 bits per heavy atom. The van der Waals surface area contributed by atoms with Gasteiger partial charge in [0.2, 0.25) is 0 Å². The smallest absolute Gasteiger partial charge is 0.264 e. The van der Waals surface area contributed by atoms with Crippen LogP contribution in [0.4, 0.5) is 5.69 Å². The maximum atomic E-state index is 12.3. The Labute approximate surface area is 162 Å². The molecule has 1 fully saturated rings. The molecule has 1 aliphatic heterocycles. The number of nitrogens with one attached hydrogen (secondary N) is 1. The van der Waals surface area contributed by atoms with E-state index in [9.17, 15) is 4.79 Å². The lowest BCUT2D eigenvalue weighted by Crippen LogP contribution is -2.19. The summed E-state index contributed by atoms with van der Waals surface area (Å²) in [5, 5.41) is 3.31. The second kappa shape index (κ2) is 8.64. The van der Waals surface area contributed by atoms with Gasteiger partial charge in [-0.25, -0.2) is 4.99 Å². The predicted molar refractivity (Wildman–Crippen MR) is 108 cm³/mol. The van der Waals surface area contributed by atoms with E-state index in [4.69, 9.17) is 14.2 Å². The summed E-state index contributed by atoms with van der Waals surface area (Å²) in [6, 6.07) is 12.8. The van der Waals surface area contributed by atoms with E-state index in [1.807, 2.05) is 43.3 Å². The van der Waals surface area contributed by atoms with E-state index in [0.29, 0.717) is 28.2 Å². The number of rotatable bonds is 6. The fraction of sp³-hybridized carbons (Fsp3) is 0.200. The van der Waals surface area contributed by atoms with Gasteiger partial charge in [0.05, 0.1) is 31.4 Å². The number of thioether (sulfide) groups is 1. The lowest BCUT2D eigenvalue weighted by molar-refractivity contribution is -0.115. The average molecular weight is 384 g/mol. The Morgan fingerprint density at radius 1 is 1.07 bits per heavy atom. The highest BCUT2D eigenvalue weighted by Gasteiger charge is 2.24. The molecule has 0 unspecified atom stereocenters. The summed E-state index contributed by atoms with van der Waals surface area (Å²) < 4.78 is 16.0. The van der Waals surface area contributed by atoms with Gasteiger partial charge in [-0.1, -0.05) is 0 Å². The first-order chi connectivity index (χ1) is 13.1. The highest BCUT2D eigenvalue weighted by atomic mass is 32.2. The molecule has 0 radical (unpaired) electrons. The van der Waals surface area contributed by atoms with Gasteiger partial charge in [0, 0.05) is 5.56 Å². The molecular weight excluding hydrogens is 364 g/mol. The number of hydrogen-bond acceptors (Lipinski definition) is 6. The Hall–Kier alpha value is -2.93. The molecule has 3 rings (SSSR count). The number of nitrogens with zero attached hydrogens (tertiary/aromatic N) is 1. The molecule has 7 heteroatoms. The summed E-state index contributed by atoms with van der Waals surface area (Å²) >= 11 is 1.28. The van der Waals surface area contributed by atoms with Crippen LogP contribution in [-0.2, 0) is 4.79 Å². The third-order valence-corrected chi connectivity index (χ3v) is 4.66. The molecule has 1 amide bonds. The van der Waals surface area contributed by atoms with E-state index in [-0.39, 0.29) is 5.91 Å². The zero-order valence-corrected chi connectivity index (χ0v) is 16.1. The van der Waals surface area contributed by atoms with Gasteiger partial charge in [-0.2, -0.15) is 0 Å². The van der Waals surface area contributed by atoms with Gasteiger partial charge in [-0.15, -0.1) is 0 Å². The van der Waals surface area contributed by atoms with Crippen molar-refractivity contribution in [2.24, 2.45) is 4.99 Å². The van der Waals surface area contributed by atoms with Crippen molar-refractivity contribution in [3.8, 4) is 17.2 Å². The molecular formula is C20H20N2O4S. The van der Waals surface area contributed by atoms with E-state index in [1.54, 1.807) is 26.4 Å². The lowest BCUT2D eigenvalue weighted by Gasteiger charge is -2.07. The van der Waals surface area contributed by atoms with Crippen molar-refractivity contribution in [2.45, 2.75) is 6.92 Å². The van der Waals surface area contributed by atoms with Crippen molar-refractivity contribution in [1.29, 1.82) is 0 Å². The minimum absolute atomic E-state index is 0.199. The van der Waals surface area contributed by atoms with E-state index >= 15 is 0 Å². The fourth-order valence-corrected chi connectivity index (χ4v) is 3.31. The summed E-state index contributed by atoms with van der Waals surface area (Å²) in [5.74, 6) is 1.94. The molecule has 0 aromatic heterocycles. The van der Waals surface area contributed by atoms with E-state index < -0.39 is 0 Å². The van der Waals surface area contributed by atoms with Crippen LogP contribution in [0.1, 0.15) is 12.5 Å². The Morgan fingerprint density at radius 3 is 2.48 bits per heavy atom. The van der Waals surface area contributed by atoms with Crippen molar-refractivity contribution in [2.75, 3.05) is 20.8 Å². The molecule has 2 aromatic carbocycles. The van der Waals surface area contributed by atoms with Gasteiger partial charge in [0.25, 0.3) is 5.91 Å². The van der Waals surface area contributed by atoms with Crippen LogP contribution in [0, 0.1) is 0 Å². The largest absolute Gasteiger partial charge is 0.497 e. The molecule has 0 aliphatic carbocycles. The molecule has 1 saturated heterocycles. The molecule has 27 heavy (non-hydrogen) atoms.